The molecule has 0 aliphatic carbocycles. The lowest BCUT2D eigenvalue weighted by Gasteiger charge is -2.18. The summed E-state index contributed by atoms with van der Waals surface area (Å²) in [6.07, 6.45) is -9.68. The van der Waals surface area contributed by atoms with Gasteiger partial charge in [-0.25, -0.2) is 4.79 Å². The average molecular weight is 577 g/mol. The van der Waals surface area contributed by atoms with Gasteiger partial charge in [0.2, 0.25) is 0 Å². The highest BCUT2D eigenvalue weighted by Gasteiger charge is 2.31. The smallest absolute Gasteiger partial charge is 0.487 e. The molecular weight excluding hydrogens is 556 g/mol. The van der Waals surface area contributed by atoms with Crippen LogP contribution in [0.25, 0.3) is 10.8 Å². The van der Waals surface area contributed by atoms with Gasteiger partial charge in [0, 0.05) is 11.8 Å². The number of carbonyl (C=O) groups excluding carboxylic acids is 1. The van der Waals surface area contributed by atoms with Crippen LogP contribution in [0.2, 0.25) is 0 Å². The maximum atomic E-state index is 13.3. The predicted octanol–water partition coefficient (Wildman–Crippen LogP) is 6.76. The fourth-order valence-electron chi connectivity index (χ4n) is 4.02. The third-order valence-corrected chi connectivity index (χ3v) is 5.99. The number of rotatable bonds is 9. The van der Waals surface area contributed by atoms with E-state index in [-0.39, 0.29) is 29.9 Å². The number of halogens is 6. The molecular formula is C29H21F6NO5. The summed E-state index contributed by atoms with van der Waals surface area (Å²) in [6, 6.07) is 17.4. The van der Waals surface area contributed by atoms with Crippen LogP contribution in [0.15, 0.2) is 84.9 Å². The molecule has 0 spiro atoms. The number of carboxylic acid groups (broad SMARTS) is 1. The second-order valence-corrected chi connectivity index (χ2v) is 8.91. The van der Waals surface area contributed by atoms with E-state index in [4.69, 9.17) is 4.74 Å². The van der Waals surface area contributed by atoms with Crippen molar-refractivity contribution in [3.8, 4) is 11.5 Å². The van der Waals surface area contributed by atoms with Crippen molar-refractivity contribution in [2.24, 2.45) is 0 Å². The molecule has 6 nitrogen and oxygen atoms in total. The van der Waals surface area contributed by atoms with Gasteiger partial charge in [-0.1, -0.05) is 54.6 Å². The number of aliphatic carboxylic acids is 1. The van der Waals surface area contributed by atoms with E-state index in [1.54, 1.807) is 30.3 Å². The van der Waals surface area contributed by atoms with E-state index in [1.807, 2.05) is 0 Å². The number of alkyl halides is 6. The molecule has 0 saturated heterocycles. The van der Waals surface area contributed by atoms with Gasteiger partial charge in [-0.3, -0.25) is 4.79 Å². The third-order valence-electron chi connectivity index (χ3n) is 5.99. The molecule has 0 radical (unpaired) electrons. The zero-order valence-corrected chi connectivity index (χ0v) is 20.9. The number of hydrogen-bond acceptors (Lipinski definition) is 4. The van der Waals surface area contributed by atoms with Crippen LogP contribution in [0.4, 0.5) is 26.3 Å². The largest absolute Gasteiger partial charge is 0.573 e. The SMILES string of the molecule is O=C(N[C@@H](Cc1ccc(C(F)(F)F)cc1)C(=O)O)c1ccc2ccccc2c1OCc1ccc(OC(F)(F)F)cc1. The fourth-order valence-corrected chi connectivity index (χ4v) is 4.02. The summed E-state index contributed by atoms with van der Waals surface area (Å²) in [4.78, 5) is 25.2. The predicted molar refractivity (Wildman–Crippen MR) is 135 cm³/mol. The van der Waals surface area contributed by atoms with Crippen LogP contribution in [-0.4, -0.2) is 29.4 Å². The zero-order valence-electron chi connectivity index (χ0n) is 20.9. The highest BCUT2D eigenvalue weighted by Crippen LogP contribution is 2.32. The number of carboxylic acids is 1. The molecule has 0 heterocycles. The van der Waals surface area contributed by atoms with Gasteiger partial charge < -0.3 is 19.9 Å². The number of amides is 1. The number of fused-ring (bicyclic) bond motifs is 1. The molecule has 0 bridgehead atoms. The average Bonchev–Trinajstić information content (AvgIpc) is 2.91. The molecule has 12 heteroatoms. The molecule has 4 aromatic rings. The Kier molecular flexibility index (Phi) is 8.41. The molecule has 0 aromatic heterocycles. The quantitative estimate of drug-likeness (QED) is 0.215. The molecule has 1 atom stereocenters. The van der Waals surface area contributed by atoms with Gasteiger partial charge in [0.15, 0.2) is 0 Å². The number of ether oxygens (including phenoxy) is 2. The Hall–Kier alpha value is -4.74. The van der Waals surface area contributed by atoms with Crippen molar-refractivity contribution in [1.82, 2.24) is 5.32 Å². The van der Waals surface area contributed by atoms with E-state index >= 15 is 0 Å². The lowest BCUT2D eigenvalue weighted by Crippen LogP contribution is -2.42. The molecule has 0 unspecified atom stereocenters. The van der Waals surface area contributed by atoms with E-state index in [0.29, 0.717) is 16.3 Å². The Bertz CT molecular complexity index is 1530. The van der Waals surface area contributed by atoms with Crippen molar-refractivity contribution < 1.29 is 50.5 Å². The molecule has 1 amide bonds. The minimum atomic E-state index is -4.84. The zero-order chi connectivity index (χ0) is 29.8. The first-order valence-electron chi connectivity index (χ1n) is 12.0. The van der Waals surface area contributed by atoms with Gasteiger partial charge in [-0.15, -0.1) is 13.2 Å². The summed E-state index contributed by atoms with van der Waals surface area (Å²) in [5.74, 6) is -2.52. The first-order valence-corrected chi connectivity index (χ1v) is 12.0. The van der Waals surface area contributed by atoms with Gasteiger partial charge in [0.25, 0.3) is 5.91 Å². The first kappa shape index (κ1) is 29.2. The monoisotopic (exact) mass is 577 g/mol. The summed E-state index contributed by atoms with van der Waals surface area (Å²) >= 11 is 0. The Morgan fingerprint density at radius 1 is 0.805 bits per heavy atom. The van der Waals surface area contributed by atoms with Gasteiger partial charge in [0.05, 0.1) is 11.1 Å². The molecule has 0 aliphatic rings. The van der Waals surface area contributed by atoms with Crippen LogP contribution in [0.5, 0.6) is 11.5 Å². The van der Waals surface area contributed by atoms with Gasteiger partial charge in [-0.05, 0) is 46.8 Å². The number of hydrogen-bond donors (Lipinski definition) is 2. The Morgan fingerprint density at radius 2 is 1.44 bits per heavy atom. The molecule has 2 N–H and O–H groups in total. The van der Waals surface area contributed by atoms with E-state index in [1.165, 1.54) is 18.2 Å². The van der Waals surface area contributed by atoms with E-state index in [9.17, 15) is 41.0 Å². The number of nitrogens with one attached hydrogen (secondary N) is 1. The second kappa shape index (κ2) is 11.8. The lowest BCUT2D eigenvalue weighted by atomic mass is 10.0. The first-order chi connectivity index (χ1) is 19.3. The molecule has 4 rings (SSSR count). The van der Waals surface area contributed by atoms with E-state index < -0.39 is 41.8 Å². The van der Waals surface area contributed by atoms with E-state index in [0.717, 1.165) is 36.4 Å². The van der Waals surface area contributed by atoms with E-state index in [2.05, 4.69) is 10.1 Å². The summed E-state index contributed by atoms with van der Waals surface area (Å²) in [7, 11) is 0. The highest BCUT2D eigenvalue weighted by atomic mass is 19.4. The molecule has 214 valence electrons. The van der Waals surface area contributed by atoms with Gasteiger partial charge in [-0.2, -0.15) is 13.2 Å². The lowest BCUT2D eigenvalue weighted by molar-refractivity contribution is -0.274. The van der Waals surface area contributed by atoms with Crippen LogP contribution in [0.1, 0.15) is 27.0 Å². The van der Waals surface area contributed by atoms with Crippen LogP contribution in [-0.2, 0) is 24.0 Å². The number of carbonyl (C=O) groups is 2. The minimum Gasteiger partial charge on any atom is -0.487 e. The molecule has 41 heavy (non-hydrogen) atoms. The standard InChI is InChI=1S/C29H21F6NO5/c30-28(31,32)20-10-5-17(6-11-20)15-24(27(38)39)36-26(37)23-14-9-19-3-1-2-4-22(19)25(23)40-16-18-7-12-21(13-8-18)41-29(33,34)35/h1-14,24H,15-16H2,(H,36,37)(H,38,39)/t24-/m0/s1. The minimum absolute atomic E-state index is 0.0144. The second-order valence-electron chi connectivity index (χ2n) is 8.91. The number of benzene rings is 4. The molecule has 0 aliphatic heterocycles. The molecule has 0 fully saturated rings. The highest BCUT2D eigenvalue weighted by molar-refractivity contribution is 6.04. The maximum absolute atomic E-state index is 13.3. The van der Waals surface area contributed by atoms with Gasteiger partial charge >= 0.3 is 18.5 Å². The van der Waals surface area contributed by atoms with Crippen molar-refractivity contribution >= 4 is 22.6 Å². The Morgan fingerprint density at radius 3 is 2.05 bits per heavy atom. The Balaban J connectivity index is 1.55. The van der Waals surface area contributed by atoms with Crippen molar-refractivity contribution in [2.45, 2.75) is 31.6 Å². The van der Waals surface area contributed by atoms with Crippen molar-refractivity contribution in [3.63, 3.8) is 0 Å². The molecule has 4 aromatic carbocycles. The summed E-state index contributed by atoms with van der Waals surface area (Å²) in [5.41, 5.74) is -0.180. The van der Waals surface area contributed by atoms with Crippen LogP contribution in [0, 0.1) is 0 Å². The van der Waals surface area contributed by atoms with Crippen molar-refractivity contribution in [3.05, 3.63) is 107 Å². The van der Waals surface area contributed by atoms with Crippen molar-refractivity contribution in [2.75, 3.05) is 0 Å². The topological polar surface area (TPSA) is 84.9 Å². The van der Waals surface area contributed by atoms with Crippen LogP contribution in [0.3, 0.4) is 0 Å². The van der Waals surface area contributed by atoms with Crippen LogP contribution >= 0.6 is 0 Å². The summed E-state index contributed by atoms with van der Waals surface area (Å²) in [6.45, 7) is -0.144. The fraction of sp³-hybridized carbons (Fsp3) is 0.172. The Labute approximate surface area is 229 Å². The summed E-state index contributed by atoms with van der Waals surface area (Å²) in [5, 5.41) is 13.3. The van der Waals surface area contributed by atoms with Gasteiger partial charge in [0.1, 0.15) is 24.1 Å². The van der Waals surface area contributed by atoms with Crippen LogP contribution < -0.4 is 14.8 Å². The maximum Gasteiger partial charge on any atom is 0.573 e. The third kappa shape index (κ3) is 7.68. The molecule has 0 saturated carbocycles. The van der Waals surface area contributed by atoms with Crippen molar-refractivity contribution in [1.29, 1.82) is 0 Å². The normalized spacial score (nSPS) is 12.5. The summed E-state index contributed by atoms with van der Waals surface area (Å²) < 4.78 is 85.7.